The normalized spacial score (nSPS) is 10.9. The number of benzene rings is 2. The first-order valence-electron chi connectivity index (χ1n) is 8.82. The number of nitrogens with one attached hydrogen (secondary N) is 1. The molecule has 9 heteroatoms. The SMILES string of the molecule is COc1ccc(-c2csc3c(=O)n(CC(=O)Nc4ccc(Br)cc4F)cnc23)cc1. The van der Waals surface area contributed by atoms with Crippen LogP contribution in [0, 0.1) is 5.82 Å². The molecule has 0 radical (unpaired) electrons. The quantitative estimate of drug-likeness (QED) is 0.443. The molecule has 152 valence electrons. The van der Waals surface area contributed by atoms with Crippen molar-refractivity contribution in [2.45, 2.75) is 6.54 Å². The van der Waals surface area contributed by atoms with E-state index in [1.807, 2.05) is 29.6 Å². The minimum atomic E-state index is -0.568. The second kappa shape index (κ2) is 8.37. The summed E-state index contributed by atoms with van der Waals surface area (Å²) < 4.78 is 21.3. The van der Waals surface area contributed by atoms with Crippen LogP contribution in [0.5, 0.6) is 5.75 Å². The number of carbonyl (C=O) groups excluding carboxylic acids is 1. The topological polar surface area (TPSA) is 73.2 Å². The fraction of sp³-hybridized carbons (Fsp3) is 0.0952. The molecule has 0 saturated heterocycles. The summed E-state index contributed by atoms with van der Waals surface area (Å²) in [6.45, 7) is -0.271. The van der Waals surface area contributed by atoms with Gasteiger partial charge in [0.1, 0.15) is 22.8 Å². The van der Waals surface area contributed by atoms with Gasteiger partial charge in [-0.2, -0.15) is 0 Å². The van der Waals surface area contributed by atoms with Crippen LogP contribution in [0.1, 0.15) is 0 Å². The molecule has 0 fully saturated rings. The zero-order valence-electron chi connectivity index (χ0n) is 15.7. The van der Waals surface area contributed by atoms with Crippen molar-refractivity contribution >= 4 is 49.1 Å². The molecule has 0 bridgehead atoms. The number of anilines is 1. The summed E-state index contributed by atoms with van der Waals surface area (Å²) in [5, 5.41) is 4.34. The number of ether oxygens (including phenoxy) is 1. The molecule has 6 nitrogen and oxygen atoms in total. The van der Waals surface area contributed by atoms with E-state index in [0.29, 0.717) is 14.7 Å². The number of nitrogens with zero attached hydrogens (tertiary/aromatic N) is 2. The van der Waals surface area contributed by atoms with Gasteiger partial charge >= 0.3 is 0 Å². The Labute approximate surface area is 183 Å². The van der Waals surface area contributed by atoms with Gasteiger partial charge in [0.15, 0.2) is 0 Å². The van der Waals surface area contributed by atoms with E-state index in [4.69, 9.17) is 4.74 Å². The molecule has 1 N–H and O–H groups in total. The molecule has 0 saturated carbocycles. The van der Waals surface area contributed by atoms with E-state index in [9.17, 15) is 14.0 Å². The third-order valence-corrected chi connectivity index (χ3v) is 5.92. The molecule has 0 atom stereocenters. The Bertz CT molecular complexity index is 1300. The lowest BCUT2D eigenvalue weighted by Crippen LogP contribution is -2.27. The Balaban J connectivity index is 1.59. The first kappa shape index (κ1) is 20.2. The van der Waals surface area contributed by atoms with E-state index in [-0.39, 0.29) is 17.8 Å². The van der Waals surface area contributed by atoms with Crippen molar-refractivity contribution in [3.63, 3.8) is 0 Å². The second-order valence-corrected chi connectivity index (χ2v) is 8.20. The van der Waals surface area contributed by atoms with Crippen LogP contribution in [0.3, 0.4) is 0 Å². The van der Waals surface area contributed by atoms with E-state index in [2.05, 4.69) is 26.2 Å². The van der Waals surface area contributed by atoms with E-state index >= 15 is 0 Å². The lowest BCUT2D eigenvalue weighted by molar-refractivity contribution is -0.116. The molecule has 4 rings (SSSR count). The Kier molecular flexibility index (Phi) is 5.65. The number of rotatable bonds is 5. The molecule has 0 spiro atoms. The van der Waals surface area contributed by atoms with Gasteiger partial charge in [-0.3, -0.25) is 14.2 Å². The smallest absolute Gasteiger partial charge is 0.271 e. The molecule has 0 unspecified atom stereocenters. The Hall–Kier alpha value is -3.04. The number of hydrogen-bond acceptors (Lipinski definition) is 5. The highest BCUT2D eigenvalue weighted by Crippen LogP contribution is 2.31. The maximum atomic E-state index is 13.9. The molecule has 2 heterocycles. The third-order valence-electron chi connectivity index (χ3n) is 4.47. The maximum Gasteiger partial charge on any atom is 0.271 e. The molecule has 0 aliphatic carbocycles. The number of carbonyl (C=O) groups is 1. The first-order valence-corrected chi connectivity index (χ1v) is 10.5. The monoisotopic (exact) mass is 487 g/mol. The van der Waals surface area contributed by atoms with Gasteiger partial charge < -0.3 is 10.1 Å². The molecule has 1 amide bonds. The van der Waals surface area contributed by atoms with Gasteiger partial charge in [-0.15, -0.1) is 11.3 Å². The summed E-state index contributed by atoms with van der Waals surface area (Å²) in [6, 6.07) is 11.8. The van der Waals surface area contributed by atoms with Gasteiger partial charge in [-0.05, 0) is 35.9 Å². The predicted molar refractivity (Wildman–Crippen MR) is 119 cm³/mol. The molecule has 4 aromatic rings. The number of thiophene rings is 1. The highest BCUT2D eigenvalue weighted by Gasteiger charge is 2.15. The van der Waals surface area contributed by atoms with E-state index in [0.717, 1.165) is 16.9 Å². The zero-order chi connectivity index (χ0) is 21.3. The highest BCUT2D eigenvalue weighted by molar-refractivity contribution is 9.10. The first-order chi connectivity index (χ1) is 14.5. The average molecular weight is 488 g/mol. The summed E-state index contributed by atoms with van der Waals surface area (Å²) in [4.78, 5) is 29.5. The number of amides is 1. The van der Waals surface area contributed by atoms with Crippen molar-refractivity contribution in [2.75, 3.05) is 12.4 Å². The van der Waals surface area contributed by atoms with Crippen LogP contribution in [0.25, 0.3) is 21.3 Å². The number of hydrogen-bond donors (Lipinski definition) is 1. The van der Waals surface area contributed by atoms with E-state index in [1.165, 1.54) is 34.4 Å². The average Bonchev–Trinajstić information content (AvgIpc) is 3.17. The highest BCUT2D eigenvalue weighted by atomic mass is 79.9. The Morgan fingerprint density at radius 2 is 2.03 bits per heavy atom. The maximum absolute atomic E-state index is 13.9. The van der Waals surface area contributed by atoms with Crippen LogP contribution in [0.4, 0.5) is 10.1 Å². The van der Waals surface area contributed by atoms with Gasteiger partial charge in [0, 0.05) is 15.4 Å². The standard InChI is InChI=1S/C21H15BrFN3O3S/c1-29-14-5-2-12(3-6-14)15-10-30-20-19(15)24-11-26(21(20)28)9-18(27)25-17-7-4-13(22)8-16(17)23/h2-8,10-11H,9H2,1H3,(H,25,27). The molecule has 2 aromatic heterocycles. The fourth-order valence-corrected chi connectivity index (χ4v) is 4.27. The van der Waals surface area contributed by atoms with Crippen LogP contribution in [-0.2, 0) is 11.3 Å². The second-order valence-electron chi connectivity index (χ2n) is 6.41. The van der Waals surface area contributed by atoms with Crippen molar-refractivity contribution in [3.8, 4) is 16.9 Å². The molecular weight excluding hydrogens is 473 g/mol. The molecule has 0 aliphatic rings. The van der Waals surface area contributed by atoms with Crippen molar-refractivity contribution in [1.29, 1.82) is 0 Å². The van der Waals surface area contributed by atoms with Crippen LogP contribution in [0.15, 0.2) is 63.4 Å². The van der Waals surface area contributed by atoms with Crippen LogP contribution < -0.4 is 15.6 Å². The van der Waals surface area contributed by atoms with Crippen molar-refractivity contribution < 1.29 is 13.9 Å². The number of methoxy groups -OCH3 is 1. The summed E-state index contributed by atoms with van der Waals surface area (Å²) in [6.07, 6.45) is 1.34. The predicted octanol–water partition coefficient (Wildman–Crippen LogP) is 4.67. The van der Waals surface area contributed by atoms with Crippen LogP contribution in [0.2, 0.25) is 0 Å². The number of aromatic nitrogens is 2. The third kappa shape index (κ3) is 3.99. The summed E-state index contributed by atoms with van der Waals surface area (Å²) in [5.74, 6) is -0.353. The number of halogens is 2. The van der Waals surface area contributed by atoms with E-state index < -0.39 is 11.7 Å². The van der Waals surface area contributed by atoms with Gasteiger partial charge in [0.05, 0.1) is 24.6 Å². The van der Waals surface area contributed by atoms with Crippen molar-refractivity contribution in [1.82, 2.24) is 9.55 Å². The van der Waals surface area contributed by atoms with Crippen LogP contribution >= 0.6 is 27.3 Å². The van der Waals surface area contributed by atoms with Crippen LogP contribution in [-0.4, -0.2) is 22.6 Å². The van der Waals surface area contributed by atoms with E-state index in [1.54, 1.807) is 13.2 Å². The largest absolute Gasteiger partial charge is 0.497 e. The van der Waals surface area contributed by atoms with Gasteiger partial charge in [0.2, 0.25) is 5.91 Å². The lowest BCUT2D eigenvalue weighted by Gasteiger charge is -2.08. The molecule has 2 aromatic carbocycles. The summed E-state index contributed by atoms with van der Waals surface area (Å²) in [5.41, 5.74) is 2.05. The minimum Gasteiger partial charge on any atom is -0.497 e. The zero-order valence-corrected chi connectivity index (χ0v) is 18.1. The molecule has 0 aliphatic heterocycles. The number of fused-ring (bicyclic) bond motifs is 1. The fourth-order valence-electron chi connectivity index (χ4n) is 2.97. The van der Waals surface area contributed by atoms with Gasteiger partial charge in [-0.1, -0.05) is 28.1 Å². The summed E-state index contributed by atoms with van der Waals surface area (Å²) >= 11 is 4.43. The molecule has 30 heavy (non-hydrogen) atoms. The van der Waals surface area contributed by atoms with Gasteiger partial charge in [0.25, 0.3) is 5.56 Å². The Morgan fingerprint density at radius 3 is 2.73 bits per heavy atom. The summed E-state index contributed by atoms with van der Waals surface area (Å²) in [7, 11) is 1.60. The van der Waals surface area contributed by atoms with Gasteiger partial charge in [-0.25, -0.2) is 9.37 Å². The minimum absolute atomic E-state index is 0.0446. The van der Waals surface area contributed by atoms with Crippen molar-refractivity contribution in [3.05, 3.63) is 74.8 Å². The molecular formula is C21H15BrFN3O3S. The van der Waals surface area contributed by atoms with Crippen molar-refractivity contribution in [2.24, 2.45) is 0 Å². The Morgan fingerprint density at radius 1 is 1.27 bits per heavy atom. The lowest BCUT2D eigenvalue weighted by atomic mass is 10.1.